The molecule has 0 bridgehead atoms. The van der Waals surface area contributed by atoms with Crippen molar-refractivity contribution in [2.45, 2.75) is 58.7 Å². The molecule has 0 saturated carbocycles. The lowest BCUT2D eigenvalue weighted by atomic mass is 10.0. The molecular formula is C24H31N3O5. The van der Waals surface area contributed by atoms with Crippen molar-refractivity contribution in [3.05, 3.63) is 69.8 Å². The lowest BCUT2D eigenvalue weighted by Gasteiger charge is -2.33. The third-order valence-corrected chi connectivity index (χ3v) is 4.93. The number of hydrogen-bond donors (Lipinski definition) is 1. The molecule has 172 valence electrons. The summed E-state index contributed by atoms with van der Waals surface area (Å²) in [5.74, 6) is 0.0690. The van der Waals surface area contributed by atoms with E-state index in [0.29, 0.717) is 17.7 Å². The summed E-state index contributed by atoms with van der Waals surface area (Å²) in [6.45, 7) is 7.66. The van der Waals surface area contributed by atoms with Crippen LogP contribution in [0.1, 0.15) is 45.2 Å². The number of methoxy groups -OCH3 is 1. The zero-order valence-corrected chi connectivity index (χ0v) is 19.3. The molecule has 0 radical (unpaired) electrons. The SMILES string of the molecule is CC[C@@H](C(=O)NC(C)(C)C)N(Cc1ccc(OC)cc1)C(=O)Cc1ccccc1[N+](=O)[O-]. The average Bonchev–Trinajstić information content (AvgIpc) is 2.73. The van der Waals surface area contributed by atoms with E-state index in [4.69, 9.17) is 4.74 Å². The number of nitrogens with one attached hydrogen (secondary N) is 1. The number of nitrogens with zero attached hydrogens (tertiary/aromatic N) is 2. The molecule has 2 rings (SSSR count). The van der Waals surface area contributed by atoms with E-state index in [2.05, 4.69) is 5.32 Å². The molecule has 2 aromatic rings. The molecule has 0 fully saturated rings. The van der Waals surface area contributed by atoms with Crippen molar-refractivity contribution < 1.29 is 19.2 Å². The minimum absolute atomic E-state index is 0.113. The first-order valence-corrected chi connectivity index (χ1v) is 10.5. The predicted octanol–water partition coefficient (Wildman–Crippen LogP) is 3.87. The summed E-state index contributed by atoms with van der Waals surface area (Å²) in [6, 6.07) is 12.7. The first kappa shape index (κ1) is 24.8. The van der Waals surface area contributed by atoms with Crippen LogP contribution in [0.4, 0.5) is 5.69 Å². The summed E-state index contributed by atoms with van der Waals surface area (Å²) < 4.78 is 5.19. The van der Waals surface area contributed by atoms with Crippen LogP contribution in [0.2, 0.25) is 0 Å². The smallest absolute Gasteiger partial charge is 0.273 e. The van der Waals surface area contributed by atoms with Crippen molar-refractivity contribution in [3.8, 4) is 5.75 Å². The van der Waals surface area contributed by atoms with Crippen molar-refractivity contribution in [1.29, 1.82) is 0 Å². The molecule has 0 spiro atoms. The number of nitro groups is 1. The van der Waals surface area contributed by atoms with Gasteiger partial charge in [-0.15, -0.1) is 0 Å². The lowest BCUT2D eigenvalue weighted by molar-refractivity contribution is -0.385. The summed E-state index contributed by atoms with van der Waals surface area (Å²) in [7, 11) is 1.57. The van der Waals surface area contributed by atoms with E-state index < -0.39 is 16.5 Å². The summed E-state index contributed by atoms with van der Waals surface area (Å²) in [4.78, 5) is 38.8. The maximum Gasteiger partial charge on any atom is 0.273 e. The molecule has 8 heteroatoms. The number of ether oxygens (including phenoxy) is 1. The van der Waals surface area contributed by atoms with Crippen molar-refractivity contribution in [2.24, 2.45) is 0 Å². The van der Waals surface area contributed by atoms with E-state index in [-0.39, 0.29) is 30.5 Å². The molecule has 8 nitrogen and oxygen atoms in total. The van der Waals surface area contributed by atoms with Crippen LogP contribution in [-0.2, 0) is 22.6 Å². The minimum atomic E-state index is -0.716. The largest absolute Gasteiger partial charge is 0.497 e. The Kier molecular flexibility index (Phi) is 8.34. The molecule has 0 aliphatic heterocycles. The first-order chi connectivity index (χ1) is 15.1. The van der Waals surface area contributed by atoms with E-state index in [0.717, 1.165) is 5.56 Å². The number of nitro benzene ring substituents is 1. The Bertz CT molecular complexity index is 951. The Hall–Kier alpha value is -3.42. The third kappa shape index (κ3) is 6.80. The van der Waals surface area contributed by atoms with Crippen molar-refractivity contribution in [1.82, 2.24) is 10.2 Å². The summed E-state index contributed by atoms with van der Waals surface area (Å²) in [5.41, 5.74) is 0.562. The number of benzene rings is 2. The van der Waals surface area contributed by atoms with Gasteiger partial charge >= 0.3 is 0 Å². The molecule has 32 heavy (non-hydrogen) atoms. The van der Waals surface area contributed by atoms with Gasteiger partial charge in [-0.2, -0.15) is 0 Å². The molecule has 2 aromatic carbocycles. The van der Waals surface area contributed by atoms with Crippen LogP contribution in [0.15, 0.2) is 48.5 Å². The number of hydrogen-bond acceptors (Lipinski definition) is 5. The van der Waals surface area contributed by atoms with E-state index in [1.807, 2.05) is 39.8 Å². The van der Waals surface area contributed by atoms with Gasteiger partial charge in [0, 0.05) is 23.7 Å². The van der Waals surface area contributed by atoms with Crippen molar-refractivity contribution in [2.75, 3.05) is 7.11 Å². The fourth-order valence-corrected chi connectivity index (χ4v) is 3.40. The van der Waals surface area contributed by atoms with Gasteiger partial charge in [-0.05, 0) is 44.9 Å². The number of amides is 2. The molecule has 0 aromatic heterocycles. The van der Waals surface area contributed by atoms with Gasteiger partial charge in [-0.3, -0.25) is 19.7 Å². The van der Waals surface area contributed by atoms with Crippen LogP contribution >= 0.6 is 0 Å². The Balaban J connectivity index is 2.38. The van der Waals surface area contributed by atoms with Gasteiger partial charge < -0.3 is 15.0 Å². The van der Waals surface area contributed by atoms with Gasteiger partial charge in [-0.1, -0.05) is 37.3 Å². The van der Waals surface area contributed by atoms with Gasteiger partial charge in [0.15, 0.2) is 0 Å². The van der Waals surface area contributed by atoms with Gasteiger partial charge in [-0.25, -0.2) is 0 Å². The van der Waals surface area contributed by atoms with Crippen LogP contribution in [0.25, 0.3) is 0 Å². The molecule has 0 aliphatic carbocycles. The monoisotopic (exact) mass is 441 g/mol. The topological polar surface area (TPSA) is 102 Å². The highest BCUT2D eigenvalue weighted by Gasteiger charge is 2.31. The molecular weight excluding hydrogens is 410 g/mol. The van der Waals surface area contributed by atoms with Crippen LogP contribution in [0, 0.1) is 10.1 Å². The number of para-hydroxylation sites is 1. The van der Waals surface area contributed by atoms with Gasteiger partial charge in [0.05, 0.1) is 18.5 Å². The molecule has 0 heterocycles. The normalized spacial score (nSPS) is 12.0. The van der Waals surface area contributed by atoms with E-state index in [9.17, 15) is 19.7 Å². The van der Waals surface area contributed by atoms with E-state index in [1.165, 1.54) is 11.0 Å². The molecule has 0 unspecified atom stereocenters. The second-order valence-corrected chi connectivity index (χ2v) is 8.60. The fourth-order valence-electron chi connectivity index (χ4n) is 3.40. The standard InChI is InChI=1S/C24H31N3O5/c1-6-20(23(29)25-24(2,3)4)26(16-17-11-13-19(32-5)14-12-17)22(28)15-18-9-7-8-10-21(18)27(30)31/h7-14,20H,6,15-16H2,1-5H3,(H,25,29)/t20-/m0/s1. The molecule has 2 amide bonds. The molecule has 0 saturated heterocycles. The number of rotatable bonds is 9. The number of carbonyl (C=O) groups excluding carboxylic acids is 2. The molecule has 0 aliphatic rings. The Labute approximate surface area is 188 Å². The van der Waals surface area contributed by atoms with Gasteiger partial charge in [0.2, 0.25) is 11.8 Å². The quantitative estimate of drug-likeness (QED) is 0.470. The van der Waals surface area contributed by atoms with Crippen LogP contribution in [0.5, 0.6) is 5.75 Å². The fraction of sp³-hybridized carbons (Fsp3) is 0.417. The van der Waals surface area contributed by atoms with E-state index in [1.54, 1.807) is 37.4 Å². The second-order valence-electron chi connectivity index (χ2n) is 8.60. The van der Waals surface area contributed by atoms with Gasteiger partial charge in [0.1, 0.15) is 11.8 Å². The Morgan fingerprint density at radius 2 is 1.75 bits per heavy atom. The average molecular weight is 442 g/mol. The van der Waals surface area contributed by atoms with Crippen LogP contribution < -0.4 is 10.1 Å². The Morgan fingerprint density at radius 1 is 1.12 bits per heavy atom. The zero-order valence-electron chi connectivity index (χ0n) is 19.3. The maximum absolute atomic E-state index is 13.4. The summed E-state index contributed by atoms with van der Waals surface area (Å²) in [6.07, 6.45) is 0.229. The second kappa shape index (κ2) is 10.7. The van der Waals surface area contributed by atoms with E-state index >= 15 is 0 Å². The highest BCUT2D eigenvalue weighted by atomic mass is 16.6. The number of carbonyl (C=O) groups is 2. The Morgan fingerprint density at radius 3 is 2.28 bits per heavy atom. The summed E-state index contributed by atoms with van der Waals surface area (Å²) >= 11 is 0. The van der Waals surface area contributed by atoms with Crippen molar-refractivity contribution >= 4 is 17.5 Å². The highest BCUT2D eigenvalue weighted by molar-refractivity contribution is 5.89. The highest BCUT2D eigenvalue weighted by Crippen LogP contribution is 2.22. The van der Waals surface area contributed by atoms with Crippen LogP contribution in [0.3, 0.4) is 0 Å². The predicted molar refractivity (Wildman–Crippen MR) is 122 cm³/mol. The zero-order chi connectivity index (χ0) is 23.9. The maximum atomic E-state index is 13.4. The molecule has 1 N–H and O–H groups in total. The third-order valence-electron chi connectivity index (χ3n) is 4.93. The summed E-state index contributed by atoms with van der Waals surface area (Å²) in [5, 5.41) is 14.3. The van der Waals surface area contributed by atoms with Gasteiger partial charge in [0.25, 0.3) is 5.69 Å². The van der Waals surface area contributed by atoms with Crippen molar-refractivity contribution in [3.63, 3.8) is 0 Å². The first-order valence-electron chi connectivity index (χ1n) is 10.5. The molecule has 1 atom stereocenters. The lowest BCUT2D eigenvalue weighted by Crippen LogP contribution is -2.53. The minimum Gasteiger partial charge on any atom is -0.497 e. The van der Waals surface area contributed by atoms with Crippen LogP contribution in [-0.4, -0.2) is 40.3 Å².